The van der Waals surface area contributed by atoms with E-state index in [0.29, 0.717) is 11.3 Å². The first-order chi connectivity index (χ1) is 18.2. The lowest BCUT2D eigenvalue weighted by atomic mass is 9.94. The molecule has 2 aromatic carbocycles. The van der Waals surface area contributed by atoms with Gasteiger partial charge < -0.3 is 21.7 Å². The Balaban J connectivity index is 1.84. The van der Waals surface area contributed by atoms with Crippen molar-refractivity contribution in [2.24, 2.45) is 5.73 Å². The first kappa shape index (κ1) is 27.1. The topological polar surface area (TPSA) is 135 Å². The molecule has 1 atom stereocenters. The van der Waals surface area contributed by atoms with E-state index < -0.39 is 17.9 Å². The van der Waals surface area contributed by atoms with Crippen LogP contribution in [0.25, 0.3) is 0 Å². The first-order valence-electron chi connectivity index (χ1n) is 12.7. The van der Waals surface area contributed by atoms with Crippen LogP contribution in [0.1, 0.15) is 69.4 Å². The van der Waals surface area contributed by atoms with Gasteiger partial charge >= 0.3 is 0 Å². The van der Waals surface area contributed by atoms with E-state index in [1.54, 1.807) is 6.07 Å². The maximum atomic E-state index is 14.2. The molecule has 0 radical (unpaired) electrons. The number of aromatic nitrogens is 1. The minimum Gasteiger partial charge on any atom is -0.395 e. The zero-order valence-electron chi connectivity index (χ0n) is 21.9. The molecule has 0 aliphatic heterocycles. The second-order valence-corrected chi connectivity index (χ2v) is 10.7. The van der Waals surface area contributed by atoms with Crippen LogP contribution in [0.2, 0.25) is 0 Å². The van der Waals surface area contributed by atoms with Gasteiger partial charge in [0.05, 0.1) is 5.69 Å². The van der Waals surface area contributed by atoms with Gasteiger partial charge in [0.1, 0.15) is 10.9 Å². The fourth-order valence-electron chi connectivity index (χ4n) is 4.80. The number of nitrogen functional groups attached to an aromatic ring is 1. The number of anilines is 3. The van der Waals surface area contributed by atoms with Gasteiger partial charge in [-0.05, 0) is 66.7 Å². The van der Waals surface area contributed by atoms with Crippen LogP contribution in [-0.4, -0.2) is 42.2 Å². The fourth-order valence-corrected chi connectivity index (χ4v) is 5.54. The van der Waals surface area contributed by atoms with Crippen molar-refractivity contribution in [2.75, 3.05) is 29.6 Å². The summed E-state index contributed by atoms with van der Waals surface area (Å²) in [5.41, 5.74) is 14.4. The smallest absolute Gasteiger partial charge is 0.273 e. The number of nitrogens with two attached hydrogens (primary N) is 2. The normalized spacial score (nSPS) is 14.5. The highest BCUT2D eigenvalue weighted by Crippen LogP contribution is 2.34. The largest absolute Gasteiger partial charge is 0.395 e. The molecule has 0 saturated heterocycles. The fraction of sp³-hybridized carbons (Fsp3) is 0.357. The highest BCUT2D eigenvalue weighted by molar-refractivity contribution is 7.09. The third-order valence-corrected chi connectivity index (χ3v) is 7.69. The van der Waals surface area contributed by atoms with Crippen LogP contribution >= 0.6 is 11.5 Å². The summed E-state index contributed by atoms with van der Waals surface area (Å²) in [6.45, 7) is 1.92. The highest BCUT2D eigenvalue weighted by Gasteiger charge is 2.37. The minimum atomic E-state index is -0.985. The molecule has 1 aliphatic carbocycles. The molecule has 1 aromatic heterocycles. The number of hydrogen-bond acceptors (Lipinski definition) is 7. The van der Waals surface area contributed by atoms with Crippen molar-refractivity contribution in [3.63, 3.8) is 0 Å². The van der Waals surface area contributed by atoms with Gasteiger partial charge in [0.25, 0.3) is 11.8 Å². The highest BCUT2D eigenvalue weighted by atomic mass is 32.1. The zero-order chi connectivity index (χ0) is 27.4. The molecule has 9 nitrogen and oxygen atoms in total. The SMILES string of the molecule is Cc1cccc(N(C(=O)c2snc(C(N)=O)c2N)[C@H](C(=O)NC2CCCCC2)c2ccc(N(C)C)cc2)c1. The molecule has 3 aromatic rings. The minimum absolute atomic E-state index is 0.0456. The lowest BCUT2D eigenvalue weighted by molar-refractivity contribution is -0.123. The Bertz CT molecular complexity index is 1310. The van der Waals surface area contributed by atoms with Crippen LogP contribution < -0.4 is 26.6 Å². The Morgan fingerprint density at radius 2 is 1.71 bits per heavy atom. The number of rotatable bonds is 8. The molecule has 1 saturated carbocycles. The van der Waals surface area contributed by atoms with E-state index in [2.05, 4.69) is 9.69 Å². The number of hydrogen-bond donors (Lipinski definition) is 3. The lowest BCUT2D eigenvalue weighted by Crippen LogP contribution is -2.47. The van der Waals surface area contributed by atoms with Crippen molar-refractivity contribution in [3.8, 4) is 0 Å². The van der Waals surface area contributed by atoms with E-state index in [9.17, 15) is 14.4 Å². The maximum absolute atomic E-state index is 14.2. The molecule has 10 heteroatoms. The molecule has 0 spiro atoms. The standard InChI is InChI=1S/C28H34N6O3S/c1-17-8-7-11-21(16-17)34(28(37)25-22(29)23(26(30)35)32-38-25)24(18-12-14-20(15-13-18)33(2)3)27(36)31-19-9-5-4-6-10-19/h7-8,11-16,19,24H,4-6,9-10,29H2,1-3H3,(H2,30,35)(H,31,36)/t24-/m0/s1. The van der Waals surface area contributed by atoms with Crippen LogP contribution in [0, 0.1) is 6.92 Å². The van der Waals surface area contributed by atoms with E-state index in [1.807, 2.05) is 68.4 Å². The van der Waals surface area contributed by atoms with Crippen LogP contribution in [0.4, 0.5) is 17.1 Å². The summed E-state index contributed by atoms with van der Waals surface area (Å²) in [4.78, 5) is 43.5. The predicted octanol–water partition coefficient (Wildman–Crippen LogP) is 4.04. The number of aryl methyl sites for hydroxylation is 1. The molecule has 1 aliphatic rings. The molecule has 200 valence electrons. The van der Waals surface area contributed by atoms with Crippen molar-refractivity contribution in [3.05, 3.63) is 70.2 Å². The second-order valence-electron chi connectivity index (χ2n) is 9.88. The maximum Gasteiger partial charge on any atom is 0.273 e. The Morgan fingerprint density at radius 1 is 1.03 bits per heavy atom. The van der Waals surface area contributed by atoms with Crippen LogP contribution in [0.5, 0.6) is 0 Å². The van der Waals surface area contributed by atoms with Gasteiger partial charge in [-0.3, -0.25) is 19.3 Å². The van der Waals surface area contributed by atoms with Gasteiger partial charge in [-0.15, -0.1) is 0 Å². The number of amides is 3. The average Bonchev–Trinajstić information content (AvgIpc) is 3.29. The predicted molar refractivity (Wildman–Crippen MR) is 152 cm³/mol. The van der Waals surface area contributed by atoms with Crippen LogP contribution in [0.15, 0.2) is 48.5 Å². The van der Waals surface area contributed by atoms with E-state index in [-0.39, 0.29) is 28.2 Å². The Labute approximate surface area is 227 Å². The van der Waals surface area contributed by atoms with Gasteiger partial charge in [-0.25, -0.2) is 0 Å². The van der Waals surface area contributed by atoms with Crippen molar-refractivity contribution < 1.29 is 14.4 Å². The Morgan fingerprint density at radius 3 is 2.29 bits per heavy atom. The second kappa shape index (κ2) is 11.6. The van der Waals surface area contributed by atoms with Gasteiger partial charge in [0.15, 0.2) is 5.69 Å². The van der Waals surface area contributed by atoms with Gasteiger partial charge in [0, 0.05) is 31.5 Å². The number of carbonyl (C=O) groups excluding carboxylic acids is 3. The molecule has 0 bridgehead atoms. The molecular weight excluding hydrogens is 500 g/mol. The lowest BCUT2D eigenvalue weighted by Gasteiger charge is -2.33. The van der Waals surface area contributed by atoms with E-state index in [4.69, 9.17) is 11.5 Å². The summed E-state index contributed by atoms with van der Waals surface area (Å²) in [5, 5.41) is 3.20. The zero-order valence-corrected chi connectivity index (χ0v) is 22.8. The average molecular weight is 535 g/mol. The first-order valence-corrected chi connectivity index (χ1v) is 13.5. The van der Waals surface area contributed by atoms with Crippen molar-refractivity contribution in [1.82, 2.24) is 9.69 Å². The summed E-state index contributed by atoms with van der Waals surface area (Å²) < 4.78 is 4.02. The summed E-state index contributed by atoms with van der Waals surface area (Å²) in [5.74, 6) is -1.62. The molecule has 1 heterocycles. The summed E-state index contributed by atoms with van der Waals surface area (Å²) >= 11 is 0.801. The van der Waals surface area contributed by atoms with Gasteiger partial charge in [-0.1, -0.05) is 43.5 Å². The molecule has 0 unspecified atom stereocenters. The van der Waals surface area contributed by atoms with Crippen molar-refractivity contribution in [1.29, 1.82) is 0 Å². The Kier molecular flexibility index (Phi) is 8.31. The number of carbonyl (C=O) groups is 3. The molecule has 3 amide bonds. The van der Waals surface area contributed by atoms with E-state index in [1.165, 1.54) is 4.90 Å². The van der Waals surface area contributed by atoms with Crippen LogP contribution in [0.3, 0.4) is 0 Å². The molecular formula is C28H34N6O3S. The number of benzene rings is 2. The van der Waals surface area contributed by atoms with Crippen LogP contribution in [-0.2, 0) is 4.79 Å². The quantitative estimate of drug-likeness (QED) is 0.399. The Hall–Kier alpha value is -3.92. The summed E-state index contributed by atoms with van der Waals surface area (Å²) in [7, 11) is 3.88. The monoisotopic (exact) mass is 534 g/mol. The molecule has 38 heavy (non-hydrogen) atoms. The third-order valence-electron chi connectivity index (χ3n) is 6.84. The summed E-state index contributed by atoms with van der Waals surface area (Å²) in [6.07, 6.45) is 5.07. The third kappa shape index (κ3) is 5.80. The summed E-state index contributed by atoms with van der Waals surface area (Å²) in [6, 6.07) is 14.0. The van der Waals surface area contributed by atoms with E-state index >= 15 is 0 Å². The van der Waals surface area contributed by atoms with E-state index in [0.717, 1.165) is 54.9 Å². The number of nitrogens with one attached hydrogen (secondary N) is 1. The van der Waals surface area contributed by atoms with Gasteiger partial charge in [-0.2, -0.15) is 4.37 Å². The van der Waals surface area contributed by atoms with Crippen molar-refractivity contribution in [2.45, 2.75) is 51.1 Å². The van der Waals surface area contributed by atoms with Gasteiger partial charge in [0.2, 0.25) is 5.91 Å². The number of nitrogens with zero attached hydrogens (tertiary/aromatic N) is 3. The molecule has 1 fully saturated rings. The number of primary amides is 1. The molecule has 5 N–H and O–H groups in total. The van der Waals surface area contributed by atoms with Crippen molar-refractivity contribution >= 4 is 46.3 Å². The molecule has 4 rings (SSSR count).